The Balaban J connectivity index is 3.64. The summed E-state index contributed by atoms with van der Waals surface area (Å²) in [4.78, 5) is 11.1. The van der Waals surface area contributed by atoms with Gasteiger partial charge in [-0.3, -0.25) is 0 Å². The summed E-state index contributed by atoms with van der Waals surface area (Å²) in [6.45, 7) is 12.3. The molecule has 2 N–H and O–H groups in total. The van der Waals surface area contributed by atoms with Crippen molar-refractivity contribution in [3.05, 3.63) is 28.8 Å². The van der Waals surface area contributed by atoms with Gasteiger partial charge in [-0.25, -0.2) is 4.79 Å². The number of carboxylic acids is 1. The lowest BCUT2D eigenvalue weighted by molar-refractivity contribution is 0.0693. The highest BCUT2D eigenvalue weighted by molar-refractivity contribution is 5.91. The van der Waals surface area contributed by atoms with Crippen LogP contribution in [0, 0.1) is 0 Å². The molecule has 18 heavy (non-hydrogen) atoms. The van der Waals surface area contributed by atoms with Gasteiger partial charge in [0.15, 0.2) is 0 Å². The summed E-state index contributed by atoms with van der Waals surface area (Å²) < 4.78 is 0. The SMILES string of the molecule is CC(C)(C)c1cc(O)c(C(=O)O)cc1C(C)(C)C. The maximum Gasteiger partial charge on any atom is 0.339 e. The van der Waals surface area contributed by atoms with E-state index in [1.54, 1.807) is 12.1 Å². The molecule has 0 radical (unpaired) electrons. The summed E-state index contributed by atoms with van der Waals surface area (Å²) in [6.07, 6.45) is 0. The van der Waals surface area contributed by atoms with Gasteiger partial charge >= 0.3 is 5.97 Å². The lowest BCUT2D eigenvalue weighted by atomic mass is 9.74. The first-order chi connectivity index (χ1) is 7.94. The number of aromatic carboxylic acids is 1. The largest absolute Gasteiger partial charge is 0.507 e. The molecule has 0 aliphatic heterocycles. The fourth-order valence-electron chi connectivity index (χ4n) is 2.00. The number of phenols is 1. The predicted molar refractivity (Wildman–Crippen MR) is 72.5 cm³/mol. The topological polar surface area (TPSA) is 57.5 Å². The van der Waals surface area contributed by atoms with Gasteiger partial charge in [0, 0.05) is 0 Å². The van der Waals surface area contributed by atoms with Crippen molar-refractivity contribution in [1.29, 1.82) is 0 Å². The van der Waals surface area contributed by atoms with Crippen LogP contribution in [0.1, 0.15) is 63.0 Å². The standard InChI is InChI=1S/C15H22O3/c1-14(2,3)10-7-9(13(17)18)12(16)8-11(10)15(4,5)6/h7-8,16H,1-6H3,(H,17,18). The Bertz CT molecular complexity index is 474. The van der Waals surface area contributed by atoms with E-state index in [0.717, 1.165) is 11.1 Å². The number of carbonyl (C=O) groups is 1. The summed E-state index contributed by atoms with van der Waals surface area (Å²) >= 11 is 0. The van der Waals surface area contributed by atoms with E-state index >= 15 is 0 Å². The third-order valence-corrected chi connectivity index (χ3v) is 2.98. The second kappa shape index (κ2) is 4.30. The van der Waals surface area contributed by atoms with Gasteiger partial charge in [-0.15, -0.1) is 0 Å². The summed E-state index contributed by atoms with van der Waals surface area (Å²) in [7, 11) is 0. The minimum Gasteiger partial charge on any atom is -0.507 e. The van der Waals surface area contributed by atoms with E-state index in [2.05, 4.69) is 20.8 Å². The second-order valence-corrected chi connectivity index (χ2v) is 6.72. The molecule has 0 heterocycles. The van der Waals surface area contributed by atoms with E-state index in [0.29, 0.717) is 0 Å². The van der Waals surface area contributed by atoms with Gasteiger partial charge in [0.2, 0.25) is 0 Å². The van der Waals surface area contributed by atoms with Crippen LogP contribution in [0.25, 0.3) is 0 Å². The Hall–Kier alpha value is -1.51. The number of benzene rings is 1. The maximum absolute atomic E-state index is 11.1. The van der Waals surface area contributed by atoms with E-state index in [4.69, 9.17) is 5.11 Å². The van der Waals surface area contributed by atoms with Crippen LogP contribution in [0.4, 0.5) is 0 Å². The fourth-order valence-corrected chi connectivity index (χ4v) is 2.00. The molecule has 0 spiro atoms. The van der Waals surface area contributed by atoms with Crippen LogP contribution in [0.15, 0.2) is 12.1 Å². The van der Waals surface area contributed by atoms with Crippen molar-refractivity contribution in [2.45, 2.75) is 52.4 Å². The molecule has 0 aliphatic carbocycles. The second-order valence-electron chi connectivity index (χ2n) is 6.72. The average molecular weight is 250 g/mol. The van der Waals surface area contributed by atoms with Gasteiger partial charge in [0.1, 0.15) is 11.3 Å². The molecular weight excluding hydrogens is 228 g/mol. The van der Waals surface area contributed by atoms with Gasteiger partial charge in [-0.05, 0) is 34.1 Å². The summed E-state index contributed by atoms with van der Waals surface area (Å²) in [5, 5.41) is 18.9. The van der Waals surface area contributed by atoms with Crippen molar-refractivity contribution in [3.63, 3.8) is 0 Å². The first kappa shape index (κ1) is 14.6. The molecule has 0 saturated carbocycles. The molecule has 0 atom stereocenters. The van der Waals surface area contributed by atoms with Gasteiger partial charge in [-0.1, -0.05) is 41.5 Å². The van der Waals surface area contributed by atoms with E-state index in [9.17, 15) is 9.90 Å². The zero-order valence-electron chi connectivity index (χ0n) is 12.0. The molecule has 1 aromatic rings. The van der Waals surface area contributed by atoms with Gasteiger partial charge in [-0.2, -0.15) is 0 Å². The molecule has 0 fully saturated rings. The third kappa shape index (κ3) is 2.84. The average Bonchev–Trinajstić information content (AvgIpc) is 2.13. The van der Waals surface area contributed by atoms with Crippen LogP contribution in [0.2, 0.25) is 0 Å². The minimum absolute atomic E-state index is 0.0343. The Morgan fingerprint density at radius 3 is 1.67 bits per heavy atom. The Labute approximate surface area is 108 Å². The Kier molecular flexibility index (Phi) is 3.48. The molecule has 0 unspecified atom stereocenters. The van der Waals surface area contributed by atoms with Crippen LogP contribution < -0.4 is 0 Å². The number of hydrogen-bond donors (Lipinski definition) is 2. The van der Waals surface area contributed by atoms with Crippen molar-refractivity contribution in [2.24, 2.45) is 0 Å². The van der Waals surface area contributed by atoms with E-state index < -0.39 is 5.97 Å². The highest BCUT2D eigenvalue weighted by atomic mass is 16.4. The van der Waals surface area contributed by atoms with E-state index in [1.807, 2.05) is 20.8 Å². The molecule has 3 nitrogen and oxygen atoms in total. The number of aromatic hydroxyl groups is 1. The Morgan fingerprint density at radius 2 is 1.33 bits per heavy atom. The monoisotopic (exact) mass is 250 g/mol. The number of hydrogen-bond acceptors (Lipinski definition) is 2. The van der Waals surface area contributed by atoms with Gasteiger partial charge < -0.3 is 10.2 Å². The van der Waals surface area contributed by atoms with Crippen LogP contribution in [0.5, 0.6) is 5.75 Å². The number of rotatable bonds is 1. The summed E-state index contributed by atoms with van der Waals surface area (Å²) in [6, 6.07) is 3.18. The maximum atomic E-state index is 11.1. The molecule has 0 bridgehead atoms. The first-order valence-electron chi connectivity index (χ1n) is 6.06. The van der Waals surface area contributed by atoms with E-state index in [1.165, 1.54) is 0 Å². The van der Waals surface area contributed by atoms with Crippen LogP contribution in [-0.2, 0) is 10.8 Å². The van der Waals surface area contributed by atoms with Crippen molar-refractivity contribution in [3.8, 4) is 5.75 Å². The van der Waals surface area contributed by atoms with Crippen LogP contribution >= 0.6 is 0 Å². The van der Waals surface area contributed by atoms with E-state index in [-0.39, 0.29) is 22.1 Å². The lowest BCUT2D eigenvalue weighted by Gasteiger charge is -2.30. The molecule has 100 valence electrons. The van der Waals surface area contributed by atoms with Gasteiger partial charge in [0.25, 0.3) is 0 Å². The molecule has 0 amide bonds. The molecule has 1 rings (SSSR count). The summed E-state index contributed by atoms with van der Waals surface area (Å²) in [5.41, 5.74) is 1.60. The normalized spacial score (nSPS) is 12.6. The minimum atomic E-state index is -1.10. The molecule has 0 aliphatic rings. The summed E-state index contributed by atoms with van der Waals surface area (Å²) in [5.74, 6) is -1.26. The molecular formula is C15H22O3. The quantitative estimate of drug-likeness (QED) is 0.799. The van der Waals surface area contributed by atoms with Crippen molar-refractivity contribution in [2.75, 3.05) is 0 Å². The molecule has 3 heteroatoms. The fraction of sp³-hybridized carbons (Fsp3) is 0.533. The van der Waals surface area contributed by atoms with Crippen molar-refractivity contribution < 1.29 is 15.0 Å². The van der Waals surface area contributed by atoms with Crippen LogP contribution in [-0.4, -0.2) is 16.2 Å². The highest BCUT2D eigenvalue weighted by Crippen LogP contribution is 2.37. The molecule has 0 aromatic heterocycles. The third-order valence-electron chi connectivity index (χ3n) is 2.98. The Morgan fingerprint density at radius 1 is 0.944 bits per heavy atom. The smallest absolute Gasteiger partial charge is 0.339 e. The molecule has 1 aromatic carbocycles. The van der Waals surface area contributed by atoms with Crippen molar-refractivity contribution >= 4 is 5.97 Å². The van der Waals surface area contributed by atoms with Crippen LogP contribution in [0.3, 0.4) is 0 Å². The molecule has 0 saturated heterocycles. The zero-order chi connectivity index (χ0) is 14.3. The van der Waals surface area contributed by atoms with Gasteiger partial charge in [0.05, 0.1) is 0 Å². The first-order valence-corrected chi connectivity index (χ1v) is 6.06. The highest BCUT2D eigenvalue weighted by Gasteiger charge is 2.28. The lowest BCUT2D eigenvalue weighted by Crippen LogP contribution is -2.22. The van der Waals surface area contributed by atoms with Crippen molar-refractivity contribution in [1.82, 2.24) is 0 Å². The predicted octanol–water partition coefficient (Wildman–Crippen LogP) is 3.69. The number of carboxylic acid groups (broad SMARTS) is 1. The zero-order valence-corrected chi connectivity index (χ0v) is 12.0.